The summed E-state index contributed by atoms with van der Waals surface area (Å²) in [5.41, 5.74) is 1.28. The van der Waals surface area contributed by atoms with Gasteiger partial charge in [0.15, 0.2) is 0 Å². The summed E-state index contributed by atoms with van der Waals surface area (Å²) in [7, 11) is 2.39. The van der Waals surface area contributed by atoms with Gasteiger partial charge in [-0.15, -0.1) is 11.8 Å². The van der Waals surface area contributed by atoms with Crippen LogP contribution in [-0.4, -0.2) is 37.1 Å². The Hall–Kier alpha value is -0.326. The van der Waals surface area contributed by atoms with Crippen LogP contribution in [0.4, 0.5) is 0 Å². The highest BCUT2D eigenvalue weighted by atomic mass is 32.2. The van der Waals surface area contributed by atoms with E-state index in [2.05, 4.69) is 29.3 Å². The summed E-state index contributed by atoms with van der Waals surface area (Å²) in [5.74, 6) is 0. The van der Waals surface area contributed by atoms with Crippen molar-refractivity contribution >= 4 is 37.3 Å². The number of nitrogens with zero attached hydrogens (tertiary/aromatic N) is 1. The standard InChI is InChI=1S/C9H15NSSi2/c12-6-10-9(11-7-13)8-4-2-1-3-5-8/h1-5H,6-7H2,12-13H3. The Kier molecular flexibility index (Phi) is 5.11. The van der Waals surface area contributed by atoms with Crippen LogP contribution in [0.2, 0.25) is 0 Å². The van der Waals surface area contributed by atoms with Crippen molar-refractivity contribution in [2.75, 3.05) is 11.5 Å². The van der Waals surface area contributed by atoms with Crippen molar-refractivity contribution in [3.63, 3.8) is 0 Å². The highest BCUT2D eigenvalue weighted by molar-refractivity contribution is 8.15. The van der Waals surface area contributed by atoms with Gasteiger partial charge < -0.3 is 0 Å². The van der Waals surface area contributed by atoms with Crippen molar-refractivity contribution in [2.24, 2.45) is 4.99 Å². The van der Waals surface area contributed by atoms with Gasteiger partial charge in [-0.3, -0.25) is 4.99 Å². The highest BCUT2D eigenvalue weighted by Gasteiger charge is 2.00. The van der Waals surface area contributed by atoms with E-state index in [1.54, 1.807) is 0 Å². The molecule has 0 aromatic heterocycles. The molecule has 0 saturated heterocycles. The number of rotatable bonds is 3. The first-order valence-corrected chi connectivity index (χ1v) is 8.42. The fourth-order valence-electron chi connectivity index (χ4n) is 1.08. The summed E-state index contributed by atoms with van der Waals surface area (Å²) in [6.45, 7) is 0. The first-order valence-electron chi connectivity index (χ1n) is 4.61. The van der Waals surface area contributed by atoms with E-state index in [0.717, 1.165) is 16.4 Å². The summed E-state index contributed by atoms with van der Waals surface area (Å²) in [6.07, 6.45) is 1.01. The molecule has 4 heteroatoms. The third-order valence-electron chi connectivity index (χ3n) is 1.60. The largest absolute Gasteiger partial charge is 0.282 e. The molecule has 1 nitrogen and oxygen atoms in total. The second-order valence-electron chi connectivity index (χ2n) is 2.58. The fraction of sp³-hybridized carbons (Fsp3) is 0.222. The van der Waals surface area contributed by atoms with Crippen molar-refractivity contribution < 1.29 is 0 Å². The predicted octanol–water partition coefficient (Wildman–Crippen LogP) is -0.188. The normalized spacial score (nSPS) is 12.2. The van der Waals surface area contributed by atoms with Crippen LogP contribution in [0.25, 0.3) is 0 Å². The van der Waals surface area contributed by atoms with E-state index in [-0.39, 0.29) is 0 Å². The predicted molar refractivity (Wildman–Crippen MR) is 70.2 cm³/mol. The van der Waals surface area contributed by atoms with Crippen molar-refractivity contribution in [1.82, 2.24) is 0 Å². The highest BCUT2D eigenvalue weighted by Crippen LogP contribution is 2.12. The lowest BCUT2D eigenvalue weighted by Crippen LogP contribution is -1.98. The zero-order chi connectivity index (χ0) is 9.52. The topological polar surface area (TPSA) is 12.4 Å². The van der Waals surface area contributed by atoms with Crippen LogP contribution >= 0.6 is 11.8 Å². The average Bonchev–Trinajstić information content (AvgIpc) is 2.19. The third kappa shape index (κ3) is 3.50. The maximum atomic E-state index is 4.55. The molecule has 1 rings (SSSR count). The number of benzene rings is 1. The van der Waals surface area contributed by atoms with Gasteiger partial charge in [0.1, 0.15) is 0 Å². The minimum Gasteiger partial charge on any atom is -0.282 e. The molecule has 1 aromatic carbocycles. The molecule has 0 aliphatic carbocycles. The summed E-state index contributed by atoms with van der Waals surface area (Å²) in [6, 6.07) is 10.5. The monoisotopic (exact) mass is 225 g/mol. The Morgan fingerprint density at radius 2 is 1.92 bits per heavy atom. The van der Waals surface area contributed by atoms with E-state index in [4.69, 9.17) is 0 Å². The number of hydrogen-bond donors (Lipinski definition) is 0. The van der Waals surface area contributed by atoms with Gasteiger partial charge in [0.05, 0.1) is 5.04 Å². The maximum absolute atomic E-state index is 4.55. The Morgan fingerprint density at radius 3 is 2.46 bits per heavy atom. The lowest BCUT2D eigenvalue weighted by Gasteiger charge is -2.03. The fourth-order valence-corrected chi connectivity index (χ4v) is 3.24. The summed E-state index contributed by atoms with van der Waals surface area (Å²) in [5, 5.41) is 2.46. The Morgan fingerprint density at radius 1 is 1.23 bits per heavy atom. The van der Waals surface area contributed by atoms with E-state index in [9.17, 15) is 0 Å². The van der Waals surface area contributed by atoms with E-state index < -0.39 is 0 Å². The summed E-state index contributed by atoms with van der Waals surface area (Å²) < 4.78 is 0. The van der Waals surface area contributed by atoms with Crippen molar-refractivity contribution in [3.8, 4) is 0 Å². The van der Waals surface area contributed by atoms with Crippen LogP contribution in [0.5, 0.6) is 0 Å². The molecule has 0 heterocycles. The van der Waals surface area contributed by atoms with Crippen LogP contribution in [0, 0.1) is 0 Å². The minimum absolute atomic E-state index is 1.01. The van der Waals surface area contributed by atoms with Crippen LogP contribution in [-0.2, 0) is 0 Å². The Bertz CT molecular complexity index is 274. The molecule has 0 atom stereocenters. The van der Waals surface area contributed by atoms with Crippen LogP contribution < -0.4 is 0 Å². The van der Waals surface area contributed by atoms with Gasteiger partial charge >= 0.3 is 0 Å². The molecule has 0 aliphatic heterocycles. The first-order chi connectivity index (χ1) is 6.38. The van der Waals surface area contributed by atoms with Gasteiger partial charge in [-0.2, -0.15) is 0 Å². The molecule has 13 heavy (non-hydrogen) atoms. The smallest absolute Gasteiger partial charge is 0.0969 e. The Labute approximate surface area is 89.9 Å². The van der Waals surface area contributed by atoms with Gasteiger partial charge in [0.2, 0.25) is 0 Å². The summed E-state index contributed by atoms with van der Waals surface area (Å²) >= 11 is 1.89. The second kappa shape index (κ2) is 6.18. The van der Waals surface area contributed by atoms with Crippen LogP contribution in [0.1, 0.15) is 5.56 Å². The van der Waals surface area contributed by atoms with Gasteiger partial charge in [-0.1, -0.05) is 30.3 Å². The Balaban J connectivity index is 2.83. The molecule has 0 unspecified atom stereocenters. The zero-order valence-corrected chi connectivity index (χ0v) is 13.0. The van der Waals surface area contributed by atoms with Crippen molar-refractivity contribution in [2.45, 2.75) is 0 Å². The molecule has 0 radical (unpaired) electrons. The lowest BCUT2D eigenvalue weighted by atomic mass is 10.2. The molecule has 0 N–H and O–H groups in total. The molecule has 0 bridgehead atoms. The first kappa shape index (κ1) is 10.8. The van der Waals surface area contributed by atoms with Gasteiger partial charge in [-0.05, 0) is 5.38 Å². The van der Waals surface area contributed by atoms with Gasteiger partial charge in [0.25, 0.3) is 0 Å². The van der Waals surface area contributed by atoms with E-state index >= 15 is 0 Å². The van der Waals surface area contributed by atoms with Crippen molar-refractivity contribution in [1.29, 1.82) is 0 Å². The van der Waals surface area contributed by atoms with Crippen LogP contribution in [0.15, 0.2) is 35.3 Å². The molecule has 1 aromatic rings. The third-order valence-corrected chi connectivity index (χ3v) is 3.71. The molecular weight excluding hydrogens is 210 g/mol. The lowest BCUT2D eigenvalue weighted by molar-refractivity contribution is 1.37. The number of aliphatic imine (C=N–C) groups is 1. The van der Waals surface area contributed by atoms with E-state index in [1.165, 1.54) is 26.2 Å². The quantitative estimate of drug-likeness (QED) is 0.395. The number of hydrogen-bond acceptors (Lipinski definition) is 2. The zero-order valence-electron chi connectivity index (χ0n) is 8.16. The van der Waals surface area contributed by atoms with E-state index in [1.807, 2.05) is 17.8 Å². The second-order valence-corrected chi connectivity index (χ2v) is 6.20. The van der Waals surface area contributed by atoms with E-state index in [0.29, 0.717) is 0 Å². The molecule has 0 spiro atoms. The van der Waals surface area contributed by atoms with Crippen molar-refractivity contribution in [3.05, 3.63) is 35.9 Å². The van der Waals surface area contributed by atoms with Gasteiger partial charge in [-0.25, -0.2) is 0 Å². The molecule has 0 aliphatic rings. The maximum Gasteiger partial charge on any atom is 0.0969 e. The molecular formula is C9H15NSSi2. The average molecular weight is 225 g/mol. The van der Waals surface area contributed by atoms with Crippen LogP contribution in [0.3, 0.4) is 0 Å². The van der Waals surface area contributed by atoms with Gasteiger partial charge in [0, 0.05) is 32.2 Å². The molecule has 0 saturated carbocycles. The molecule has 70 valence electrons. The minimum atomic E-state index is 1.01. The molecule has 0 fully saturated rings. The molecule has 0 amide bonds. The SMILES string of the molecule is [SiH3]CN=C(SC[SiH3])c1ccccc1. The number of thioether (sulfide) groups is 1. The summed E-state index contributed by atoms with van der Waals surface area (Å²) in [4.78, 5) is 4.55.